The Morgan fingerprint density at radius 3 is 2.67 bits per heavy atom. The van der Waals surface area contributed by atoms with Crippen LogP contribution in [0.4, 0.5) is 0 Å². The van der Waals surface area contributed by atoms with E-state index in [1.807, 2.05) is 0 Å². The first kappa shape index (κ1) is 11.4. The summed E-state index contributed by atoms with van der Waals surface area (Å²) in [6.07, 6.45) is 5.31. The molecule has 0 aromatic heterocycles. The SMILES string of the molecule is CC(C)(C)C1CCCCC12CNCCO2. The summed E-state index contributed by atoms with van der Waals surface area (Å²) >= 11 is 0. The van der Waals surface area contributed by atoms with Gasteiger partial charge in [-0.3, -0.25) is 0 Å². The third-order valence-electron chi connectivity index (χ3n) is 4.12. The normalized spacial score (nSPS) is 38.2. The van der Waals surface area contributed by atoms with E-state index in [2.05, 4.69) is 26.1 Å². The lowest BCUT2D eigenvalue weighted by molar-refractivity contribution is -0.150. The molecule has 1 saturated carbocycles. The maximum absolute atomic E-state index is 6.18. The van der Waals surface area contributed by atoms with Gasteiger partial charge in [-0.15, -0.1) is 0 Å². The highest BCUT2D eigenvalue weighted by Gasteiger charge is 2.47. The fourth-order valence-corrected chi connectivity index (χ4v) is 3.49. The van der Waals surface area contributed by atoms with Crippen molar-refractivity contribution in [3.63, 3.8) is 0 Å². The average molecular weight is 211 g/mol. The molecule has 1 aliphatic heterocycles. The quantitative estimate of drug-likeness (QED) is 0.665. The third kappa shape index (κ3) is 2.21. The molecule has 2 rings (SSSR count). The predicted molar refractivity (Wildman–Crippen MR) is 63.0 cm³/mol. The third-order valence-corrected chi connectivity index (χ3v) is 4.12. The van der Waals surface area contributed by atoms with Gasteiger partial charge in [0.2, 0.25) is 0 Å². The molecular formula is C13H25NO. The topological polar surface area (TPSA) is 21.3 Å². The van der Waals surface area contributed by atoms with Crippen molar-refractivity contribution >= 4 is 0 Å². The summed E-state index contributed by atoms with van der Waals surface area (Å²) in [6.45, 7) is 10.1. The molecule has 0 radical (unpaired) electrons. The lowest BCUT2D eigenvalue weighted by Crippen LogP contribution is -2.58. The molecule has 2 aliphatic rings. The minimum atomic E-state index is 0.148. The van der Waals surface area contributed by atoms with Crippen LogP contribution >= 0.6 is 0 Å². The zero-order chi connectivity index (χ0) is 10.9. The molecule has 88 valence electrons. The van der Waals surface area contributed by atoms with Crippen molar-refractivity contribution in [3.05, 3.63) is 0 Å². The lowest BCUT2D eigenvalue weighted by Gasteiger charge is -2.51. The Kier molecular flexibility index (Phi) is 3.09. The van der Waals surface area contributed by atoms with Crippen LogP contribution in [0.25, 0.3) is 0 Å². The van der Waals surface area contributed by atoms with Crippen LogP contribution in [-0.4, -0.2) is 25.3 Å². The number of morpholine rings is 1. The molecule has 0 aromatic carbocycles. The van der Waals surface area contributed by atoms with E-state index in [-0.39, 0.29) is 5.60 Å². The second-order valence-corrected chi connectivity index (χ2v) is 6.25. The highest BCUT2D eigenvalue weighted by Crippen LogP contribution is 2.46. The number of ether oxygens (including phenoxy) is 1. The molecule has 1 heterocycles. The van der Waals surface area contributed by atoms with Crippen molar-refractivity contribution in [2.45, 2.75) is 52.1 Å². The monoisotopic (exact) mass is 211 g/mol. The van der Waals surface area contributed by atoms with Gasteiger partial charge in [-0.05, 0) is 24.2 Å². The Morgan fingerprint density at radius 2 is 2.07 bits per heavy atom. The van der Waals surface area contributed by atoms with Crippen molar-refractivity contribution in [2.75, 3.05) is 19.7 Å². The van der Waals surface area contributed by atoms with E-state index in [9.17, 15) is 0 Å². The fourth-order valence-electron chi connectivity index (χ4n) is 3.49. The highest BCUT2D eigenvalue weighted by molar-refractivity contribution is 4.99. The molecule has 2 heteroatoms. The van der Waals surface area contributed by atoms with Crippen LogP contribution in [0.15, 0.2) is 0 Å². The van der Waals surface area contributed by atoms with Gasteiger partial charge in [-0.25, -0.2) is 0 Å². The average Bonchev–Trinajstić information content (AvgIpc) is 2.18. The number of hydrogen-bond donors (Lipinski definition) is 1. The van der Waals surface area contributed by atoms with E-state index in [0.29, 0.717) is 11.3 Å². The Bertz CT molecular complexity index is 205. The van der Waals surface area contributed by atoms with Crippen LogP contribution in [0.3, 0.4) is 0 Å². The molecule has 1 saturated heterocycles. The van der Waals surface area contributed by atoms with Crippen LogP contribution < -0.4 is 5.32 Å². The Hall–Kier alpha value is -0.0800. The predicted octanol–water partition coefficient (Wildman–Crippen LogP) is 2.58. The van der Waals surface area contributed by atoms with Crippen molar-refractivity contribution < 1.29 is 4.74 Å². The van der Waals surface area contributed by atoms with E-state index in [0.717, 1.165) is 19.7 Å². The summed E-state index contributed by atoms with van der Waals surface area (Å²) in [5, 5.41) is 3.52. The van der Waals surface area contributed by atoms with E-state index in [4.69, 9.17) is 4.74 Å². The number of hydrogen-bond acceptors (Lipinski definition) is 2. The van der Waals surface area contributed by atoms with Crippen molar-refractivity contribution in [1.29, 1.82) is 0 Å². The first-order valence-corrected chi connectivity index (χ1v) is 6.39. The first-order valence-electron chi connectivity index (χ1n) is 6.39. The zero-order valence-corrected chi connectivity index (χ0v) is 10.4. The molecule has 2 fully saturated rings. The fraction of sp³-hybridized carbons (Fsp3) is 1.00. The molecule has 15 heavy (non-hydrogen) atoms. The summed E-state index contributed by atoms with van der Waals surface area (Å²) in [7, 11) is 0. The van der Waals surface area contributed by atoms with E-state index in [1.54, 1.807) is 0 Å². The maximum atomic E-state index is 6.18. The van der Waals surface area contributed by atoms with Gasteiger partial charge in [-0.2, -0.15) is 0 Å². The van der Waals surface area contributed by atoms with E-state index < -0.39 is 0 Å². The minimum absolute atomic E-state index is 0.148. The summed E-state index contributed by atoms with van der Waals surface area (Å²) < 4.78 is 6.18. The summed E-state index contributed by atoms with van der Waals surface area (Å²) in [4.78, 5) is 0. The summed E-state index contributed by atoms with van der Waals surface area (Å²) in [6, 6.07) is 0. The van der Waals surface area contributed by atoms with Gasteiger partial charge in [0.15, 0.2) is 0 Å². The van der Waals surface area contributed by atoms with Gasteiger partial charge in [0.25, 0.3) is 0 Å². The van der Waals surface area contributed by atoms with Gasteiger partial charge in [0, 0.05) is 13.1 Å². The van der Waals surface area contributed by atoms with E-state index in [1.165, 1.54) is 25.7 Å². The second-order valence-electron chi connectivity index (χ2n) is 6.25. The smallest absolute Gasteiger partial charge is 0.0839 e. The molecular weight excluding hydrogens is 186 g/mol. The molecule has 1 aliphatic carbocycles. The first-order chi connectivity index (χ1) is 7.05. The number of nitrogens with one attached hydrogen (secondary N) is 1. The number of rotatable bonds is 0. The minimum Gasteiger partial charge on any atom is -0.372 e. The van der Waals surface area contributed by atoms with Gasteiger partial charge in [0.05, 0.1) is 12.2 Å². The Labute approximate surface area is 93.8 Å². The lowest BCUT2D eigenvalue weighted by atomic mass is 9.63. The Balaban J connectivity index is 2.17. The van der Waals surface area contributed by atoms with Crippen molar-refractivity contribution in [2.24, 2.45) is 11.3 Å². The summed E-state index contributed by atoms with van der Waals surface area (Å²) in [5.74, 6) is 0.714. The molecule has 0 amide bonds. The van der Waals surface area contributed by atoms with Crippen LogP contribution in [0.5, 0.6) is 0 Å². The largest absolute Gasteiger partial charge is 0.372 e. The van der Waals surface area contributed by atoms with E-state index >= 15 is 0 Å². The van der Waals surface area contributed by atoms with Crippen molar-refractivity contribution in [3.8, 4) is 0 Å². The van der Waals surface area contributed by atoms with Gasteiger partial charge >= 0.3 is 0 Å². The van der Waals surface area contributed by atoms with Gasteiger partial charge in [-0.1, -0.05) is 33.6 Å². The standard InChI is InChI=1S/C13H25NO/c1-12(2,3)11-6-4-5-7-13(11)10-14-8-9-15-13/h11,14H,4-10H2,1-3H3. The second kappa shape index (κ2) is 4.06. The van der Waals surface area contributed by atoms with Crippen LogP contribution in [-0.2, 0) is 4.74 Å². The zero-order valence-electron chi connectivity index (χ0n) is 10.4. The maximum Gasteiger partial charge on any atom is 0.0839 e. The highest BCUT2D eigenvalue weighted by atomic mass is 16.5. The summed E-state index contributed by atoms with van der Waals surface area (Å²) in [5.41, 5.74) is 0.522. The molecule has 1 spiro atoms. The van der Waals surface area contributed by atoms with Gasteiger partial charge in [0.1, 0.15) is 0 Å². The van der Waals surface area contributed by atoms with Crippen LogP contribution in [0.1, 0.15) is 46.5 Å². The van der Waals surface area contributed by atoms with Gasteiger partial charge < -0.3 is 10.1 Å². The van der Waals surface area contributed by atoms with Crippen LogP contribution in [0.2, 0.25) is 0 Å². The van der Waals surface area contributed by atoms with Crippen molar-refractivity contribution in [1.82, 2.24) is 5.32 Å². The molecule has 1 N–H and O–H groups in total. The Morgan fingerprint density at radius 1 is 1.27 bits per heavy atom. The van der Waals surface area contributed by atoms with Crippen LogP contribution in [0, 0.1) is 11.3 Å². The molecule has 2 nitrogen and oxygen atoms in total. The molecule has 2 atom stereocenters. The molecule has 0 bridgehead atoms. The molecule has 0 aromatic rings. The molecule has 2 unspecified atom stereocenters.